The Morgan fingerprint density at radius 2 is 2.06 bits per heavy atom. The van der Waals surface area contributed by atoms with Crippen molar-refractivity contribution in [3.05, 3.63) is 23.4 Å². The Bertz CT molecular complexity index is 326. The van der Waals surface area contributed by atoms with Gasteiger partial charge in [-0.1, -0.05) is 30.9 Å². The summed E-state index contributed by atoms with van der Waals surface area (Å²) >= 11 is 5.79. The molecule has 0 aromatic carbocycles. The Balaban J connectivity index is 1.99. The van der Waals surface area contributed by atoms with Gasteiger partial charge in [0.25, 0.3) is 0 Å². The monoisotopic (exact) mass is 239 g/mol. The minimum atomic E-state index is 0.236. The number of pyridine rings is 1. The molecular weight excluding hydrogens is 222 g/mol. The minimum Gasteiger partial charge on any atom is -0.366 e. The highest BCUT2D eigenvalue weighted by molar-refractivity contribution is 6.30. The van der Waals surface area contributed by atoms with E-state index in [1.54, 1.807) is 6.20 Å². The van der Waals surface area contributed by atoms with Crippen LogP contribution in [0.5, 0.6) is 0 Å². The van der Waals surface area contributed by atoms with E-state index in [2.05, 4.69) is 10.3 Å². The van der Waals surface area contributed by atoms with E-state index in [0.29, 0.717) is 11.1 Å². The number of anilines is 1. The molecule has 4 heteroatoms. The van der Waals surface area contributed by atoms with Crippen molar-refractivity contribution in [2.45, 2.75) is 44.2 Å². The van der Waals surface area contributed by atoms with E-state index in [1.807, 2.05) is 12.1 Å². The van der Waals surface area contributed by atoms with Crippen LogP contribution in [0.25, 0.3) is 0 Å². The third kappa shape index (κ3) is 3.09. The molecule has 1 heterocycles. The van der Waals surface area contributed by atoms with E-state index in [1.165, 1.54) is 19.3 Å². The van der Waals surface area contributed by atoms with Gasteiger partial charge in [-0.3, -0.25) is 0 Å². The summed E-state index contributed by atoms with van der Waals surface area (Å²) in [5.74, 6) is 0.867. The van der Waals surface area contributed by atoms with Gasteiger partial charge in [0.1, 0.15) is 5.82 Å². The Morgan fingerprint density at radius 3 is 2.81 bits per heavy atom. The molecule has 1 aliphatic rings. The molecule has 1 aliphatic carbocycles. The quantitative estimate of drug-likeness (QED) is 0.781. The smallest absolute Gasteiger partial charge is 0.126 e. The molecule has 0 bridgehead atoms. The SMILES string of the molecule is NC1CCCCCC1Nc1ccc(Cl)cn1. The number of aromatic nitrogens is 1. The summed E-state index contributed by atoms with van der Waals surface area (Å²) in [6.45, 7) is 0. The number of hydrogen-bond donors (Lipinski definition) is 2. The van der Waals surface area contributed by atoms with Crippen molar-refractivity contribution in [1.29, 1.82) is 0 Å². The molecule has 1 aromatic heterocycles. The highest BCUT2D eigenvalue weighted by Crippen LogP contribution is 2.20. The van der Waals surface area contributed by atoms with Gasteiger partial charge in [0, 0.05) is 18.3 Å². The van der Waals surface area contributed by atoms with Crippen LogP contribution in [-0.4, -0.2) is 17.1 Å². The first-order valence-corrected chi connectivity index (χ1v) is 6.27. The molecule has 0 aliphatic heterocycles. The summed E-state index contributed by atoms with van der Waals surface area (Å²) in [6.07, 6.45) is 7.68. The molecule has 16 heavy (non-hydrogen) atoms. The summed E-state index contributed by atoms with van der Waals surface area (Å²) in [6, 6.07) is 4.33. The average Bonchev–Trinajstić information content (AvgIpc) is 2.48. The Kier molecular flexibility index (Phi) is 4.02. The zero-order valence-corrected chi connectivity index (χ0v) is 10.1. The summed E-state index contributed by atoms with van der Waals surface area (Å²) in [5.41, 5.74) is 6.14. The van der Waals surface area contributed by atoms with E-state index < -0.39 is 0 Å². The largest absolute Gasteiger partial charge is 0.366 e. The normalized spacial score (nSPS) is 26.1. The fraction of sp³-hybridized carbons (Fsp3) is 0.583. The number of nitrogens with zero attached hydrogens (tertiary/aromatic N) is 1. The molecule has 0 amide bonds. The molecule has 0 spiro atoms. The van der Waals surface area contributed by atoms with E-state index in [0.717, 1.165) is 18.7 Å². The van der Waals surface area contributed by atoms with E-state index >= 15 is 0 Å². The fourth-order valence-electron chi connectivity index (χ4n) is 2.17. The molecule has 3 nitrogen and oxygen atoms in total. The van der Waals surface area contributed by atoms with Crippen LogP contribution in [0, 0.1) is 0 Å². The van der Waals surface area contributed by atoms with Crippen molar-refractivity contribution >= 4 is 17.4 Å². The van der Waals surface area contributed by atoms with Crippen LogP contribution in [0.2, 0.25) is 5.02 Å². The van der Waals surface area contributed by atoms with Gasteiger partial charge in [0.05, 0.1) is 5.02 Å². The minimum absolute atomic E-state index is 0.236. The molecule has 2 unspecified atom stereocenters. The second-order valence-electron chi connectivity index (χ2n) is 4.41. The van der Waals surface area contributed by atoms with Gasteiger partial charge in [0.2, 0.25) is 0 Å². The van der Waals surface area contributed by atoms with Gasteiger partial charge in [0.15, 0.2) is 0 Å². The molecule has 1 saturated carbocycles. The van der Waals surface area contributed by atoms with Crippen molar-refractivity contribution in [2.75, 3.05) is 5.32 Å². The first-order valence-electron chi connectivity index (χ1n) is 5.89. The fourth-order valence-corrected chi connectivity index (χ4v) is 2.28. The molecule has 88 valence electrons. The first kappa shape index (κ1) is 11.7. The summed E-state index contributed by atoms with van der Waals surface area (Å²) < 4.78 is 0. The molecule has 1 fully saturated rings. The Morgan fingerprint density at radius 1 is 1.25 bits per heavy atom. The molecule has 0 radical (unpaired) electrons. The standard InChI is InChI=1S/C12H18ClN3/c13-9-6-7-12(15-8-9)16-11-5-3-1-2-4-10(11)14/h6-8,10-11H,1-5,14H2,(H,15,16). The van der Waals surface area contributed by atoms with E-state index in [4.69, 9.17) is 17.3 Å². The second kappa shape index (κ2) is 5.51. The third-order valence-corrected chi connectivity index (χ3v) is 3.35. The topological polar surface area (TPSA) is 50.9 Å². The van der Waals surface area contributed by atoms with Crippen molar-refractivity contribution in [3.8, 4) is 0 Å². The number of nitrogens with one attached hydrogen (secondary N) is 1. The predicted molar refractivity (Wildman–Crippen MR) is 67.7 cm³/mol. The van der Waals surface area contributed by atoms with Crippen LogP contribution in [0.3, 0.4) is 0 Å². The van der Waals surface area contributed by atoms with Gasteiger partial charge in [-0.15, -0.1) is 0 Å². The van der Waals surface area contributed by atoms with Crippen molar-refractivity contribution in [1.82, 2.24) is 4.98 Å². The number of rotatable bonds is 2. The van der Waals surface area contributed by atoms with Crippen LogP contribution in [0.1, 0.15) is 32.1 Å². The Labute approximate surface area is 101 Å². The predicted octanol–water partition coefficient (Wildman–Crippen LogP) is 2.81. The summed E-state index contributed by atoms with van der Waals surface area (Å²) in [7, 11) is 0. The van der Waals surface area contributed by atoms with Crippen LogP contribution in [0.4, 0.5) is 5.82 Å². The lowest BCUT2D eigenvalue weighted by molar-refractivity contribution is 0.527. The molecule has 2 rings (SSSR count). The molecular formula is C12H18ClN3. The zero-order chi connectivity index (χ0) is 11.4. The second-order valence-corrected chi connectivity index (χ2v) is 4.85. The van der Waals surface area contributed by atoms with E-state index in [9.17, 15) is 0 Å². The maximum absolute atomic E-state index is 6.14. The number of hydrogen-bond acceptors (Lipinski definition) is 3. The Hall–Kier alpha value is -0.800. The van der Waals surface area contributed by atoms with Crippen LogP contribution in [-0.2, 0) is 0 Å². The maximum atomic E-state index is 6.14. The van der Waals surface area contributed by atoms with Crippen molar-refractivity contribution in [2.24, 2.45) is 5.73 Å². The van der Waals surface area contributed by atoms with Crippen LogP contribution < -0.4 is 11.1 Å². The maximum Gasteiger partial charge on any atom is 0.126 e. The lowest BCUT2D eigenvalue weighted by Gasteiger charge is -2.23. The van der Waals surface area contributed by atoms with Gasteiger partial charge < -0.3 is 11.1 Å². The van der Waals surface area contributed by atoms with Gasteiger partial charge >= 0.3 is 0 Å². The lowest BCUT2D eigenvalue weighted by atomic mass is 10.0. The molecule has 0 saturated heterocycles. The lowest BCUT2D eigenvalue weighted by Crippen LogP contribution is -2.39. The number of halogens is 1. The third-order valence-electron chi connectivity index (χ3n) is 3.13. The highest BCUT2D eigenvalue weighted by Gasteiger charge is 2.20. The van der Waals surface area contributed by atoms with Crippen molar-refractivity contribution < 1.29 is 0 Å². The first-order chi connectivity index (χ1) is 7.75. The summed E-state index contributed by atoms with van der Waals surface area (Å²) in [5, 5.41) is 4.07. The van der Waals surface area contributed by atoms with E-state index in [-0.39, 0.29) is 6.04 Å². The van der Waals surface area contributed by atoms with Gasteiger partial charge in [-0.25, -0.2) is 4.98 Å². The molecule has 3 N–H and O–H groups in total. The average molecular weight is 240 g/mol. The van der Waals surface area contributed by atoms with Crippen LogP contribution >= 0.6 is 11.6 Å². The highest BCUT2D eigenvalue weighted by atomic mass is 35.5. The van der Waals surface area contributed by atoms with Crippen molar-refractivity contribution in [3.63, 3.8) is 0 Å². The zero-order valence-electron chi connectivity index (χ0n) is 9.32. The number of nitrogens with two attached hydrogens (primary N) is 1. The molecule has 1 aromatic rings. The van der Waals surface area contributed by atoms with Gasteiger partial charge in [-0.2, -0.15) is 0 Å². The summed E-state index contributed by atoms with van der Waals surface area (Å²) in [4.78, 5) is 4.24. The van der Waals surface area contributed by atoms with Gasteiger partial charge in [-0.05, 0) is 25.0 Å². The molecule has 2 atom stereocenters. The van der Waals surface area contributed by atoms with Crippen LogP contribution in [0.15, 0.2) is 18.3 Å².